The van der Waals surface area contributed by atoms with Gasteiger partial charge >= 0.3 is 0 Å². The van der Waals surface area contributed by atoms with Crippen molar-refractivity contribution in [2.24, 2.45) is 0 Å². The quantitative estimate of drug-likeness (QED) is 0.303. The second kappa shape index (κ2) is 4.13. The highest BCUT2D eigenvalue weighted by Gasteiger charge is 2.03. The first kappa shape index (κ1) is 9.08. The summed E-state index contributed by atoms with van der Waals surface area (Å²) in [5.41, 5.74) is 5.22. The maximum absolute atomic E-state index is 11.1. The van der Waals surface area contributed by atoms with Crippen LogP contribution in [-0.4, -0.2) is 15.2 Å². The van der Waals surface area contributed by atoms with Crippen molar-refractivity contribution in [1.82, 2.24) is 15.8 Å². The number of carbonyl (C=O) groups excluding carboxylic acids is 1. The SMILES string of the molecule is O=C(NNC(=S)S)c1ccc[nH]1. The van der Waals surface area contributed by atoms with Crippen LogP contribution in [0.1, 0.15) is 10.5 Å². The molecule has 1 amide bonds. The van der Waals surface area contributed by atoms with Gasteiger partial charge in [0.25, 0.3) is 5.91 Å². The smallest absolute Gasteiger partial charge is 0.286 e. The molecule has 0 bridgehead atoms. The molecule has 0 fully saturated rings. The van der Waals surface area contributed by atoms with E-state index in [1.165, 1.54) is 0 Å². The molecule has 6 heteroatoms. The van der Waals surface area contributed by atoms with Crippen molar-refractivity contribution >= 4 is 35.1 Å². The first-order chi connectivity index (χ1) is 5.70. The Hall–Kier alpha value is -1.01. The first-order valence-corrected chi connectivity index (χ1v) is 3.98. The van der Waals surface area contributed by atoms with Crippen molar-refractivity contribution in [3.05, 3.63) is 24.0 Å². The van der Waals surface area contributed by atoms with Crippen molar-refractivity contribution in [2.45, 2.75) is 0 Å². The number of hydrazine groups is 1. The lowest BCUT2D eigenvalue weighted by Gasteiger charge is -2.03. The van der Waals surface area contributed by atoms with Crippen LogP contribution in [0.5, 0.6) is 0 Å². The molecule has 3 N–H and O–H groups in total. The standard InChI is InChI=1S/C6H7N3OS2/c10-5(8-9-6(11)12)4-2-1-3-7-4/h1-3,7H,(H,8,10)(H2,9,11,12). The van der Waals surface area contributed by atoms with Gasteiger partial charge in [-0.2, -0.15) is 0 Å². The summed E-state index contributed by atoms with van der Waals surface area (Å²) >= 11 is 8.34. The lowest BCUT2D eigenvalue weighted by atomic mass is 10.4. The number of rotatable bonds is 1. The Morgan fingerprint density at radius 1 is 1.58 bits per heavy atom. The van der Waals surface area contributed by atoms with E-state index in [0.717, 1.165) is 0 Å². The molecule has 0 aromatic carbocycles. The molecule has 0 unspecified atom stereocenters. The van der Waals surface area contributed by atoms with E-state index in [4.69, 9.17) is 0 Å². The van der Waals surface area contributed by atoms with Gasteiger partial charge in [-0.25, -0.2) is 0 Å². The number of hydrogen-bond donors (Lipinski definition) is 4. The molecule has 1 rings (SSSR count). The Labute approximate surface area is 80.1 Å². The Morgan fingerprint density at radius 2 is 2.33 bits per heavy atom. The van der Waals surface area contributed by atoms with Crippen LogP contribution >= 0.6 is 24.8 Å². The topological polar surface area (TPSA) is 56.9 Å². The minimum atomic E-state index is -0.281. The predicted molar refractivity (Wildman–Crippen MR) is 53.0 cm³/mol. The molecule has 1 aromatic heterocycles. The molecular weight excluding hydrogens is 194 g/mol. The highest BCUT2D eigenvalue weighted by molar-refractivity contribution is 8.11. The number of aromatic nitrogens is 1. The normalized spacial score (nSPS) is 9.08. The zero-order chi connectivity index (χ0) is 8.97. The summed E-state index contributed by atoms with van der Waals surface area (Å²) in [6.07, 6.45) is 1.66. The van der Waals surface area contributed by atoms with Gasteiger partial charge < -0.3 is 4.98 Å². The molecule has 64 valence electrons. The summed E-state index contributed by atoms with van der Waals surface area (Å²) in [7, 11) is 0. The van der Waals surface area contributed by atoms with Crippen molar-refractivity contribution in [1.29, 1.82) is 0 Å². The molecule has 0 aliphatic carbocycles. The third-order valence-corrected chi connectivity index (χ3v) is 1.34. The van der Waals surface area contributed by atoms with Gasteiger partial charge in [-0.3, -0.25) is 15.6 Å². The van der Waals surface area contributed by atoms with Crippen LogP contribution in [0.2, 0.25) is 0 Å². The van der Waals surface area contributed by atoms with Crippen LogP contribution in [0.25, 0.3) is 0 Å². The highest BCUT2D eigenvalue weighted by Crippen LogP contribution is 1.92. The van der Waals surface area contributed by atoms with E-state index in [1.54, 1.807) is 18.3 Å². The van der Waals surface area contributed by atoms with Crippen molar-refractivity contribution in [2.75, 3.05) is 0 Å². The second-order valence-corrected chi connectivity index (χ2v) is 3.13. The van der Waals surface area contributed by atoms with Crippen LogP contribution < -0.4 is 10.9 Å². The van der Waals surface area contributed by atoms with Gasteiger partial charge in [-0.15, -0.1) is 12.6 Å². The number of amides is 1. The van der Waals surface area contributed by atoms with E-state index >= 15 is 0 Å². The van der Waals surface area contributed by atoms with Crippen molar-refractivity contribution < 1.29 is 4.79 Å². The van der Waals surface area contributed by atoms with Gasteiger partial charge in [-0.1, -0.05) is 12.2 Å². The molecule has 0 aliphatic heterocycles. The molecular formula is C6H7N3OS2. The summed E-state index contributed by atoms with van der Waals surface area (Å²) in [6.45, 7) is 0. The zero-order valence-corrected chi connectivity index (χ0v) is 7.71. The summed E-state index contributed by atoms with van der Waals surface area (Å²) in [6, 6.07) is 3.38. The van der Waals surface area contributed by atoms with Crippen LogP contribution in [0.15, 0.2) is 18.3 Å². The average Bonchev–Trinajstić information content (AvgIpc) is 2.51. The molecule has 0 radical (unpaired) electrons. The van der Waals surface area contributed by atoms with Gasteiger partial charge in [0.15, 0.2) is 0 Å². The fourth-order valence-corrected chi connectivity index (χ4v) is 0.756. The minimum Gasteiger partial charge on any atom is -0.357 e. The first-order valence-electron chi connectivity index (χ1n) is 3.13. The highest BCUT2D eigenvalue weighted by atomic mass is 32.1. The number of aromatic amines is 1. The molecule has 0 saturated heterocycles. The fraction of sp³-hybridized carbons (Fsp3) is 0. The summed E-state index contributed by atoms with van der Waals surface area (Å²) < 4.78 is 0.218. The van der Waals surface area contributed by atoms with Crippen LogP contribution in [-0.2, 0) is 0 Å². The molecule has 0 aliphatic rings. The molecule has 0 saturated carbocycles. The number of carbonyl (C=O) groups is 1. The third-order valence-electron chi connectivity index (χ3n) is 1.13. The van der Waals surface area contributed by atoms with Gasteiger partial charge in [0.2, 0.25) is 0 Å². The Balaban J connectivity index is 2.45. The van der Waals surface area contributed by atoms with E-state index in [2.05, 4.69) is 40.7 Å². The van der Waals surface area contributed by atoms with Gasteiger partial charge in [0.1, 0.15) is 10.0 Å². The largest absolute Gasteiger partial charge is 0.357 e. The maximum Gasteiger partial charge on any atom is 0.286 e. The van der Waals surface area contributed by atoms with Gasteiger partial charge in [0.05, 0.1) is 0 Å². The van der Waals surface area contributed by atoms with E-state index in [9.17, 15) is 4.79 Å². The van der Waals surface area contributed by atoms with Crippen LogP contribution in [0.3, 0.4) is 0 Å². The number of H-pyrrole nitrogens is 1. The Morgan fingerprint density at radius 3 is 2.83 bits per heavy atom. The van der Waals surface area contributed by atoms with E-state index in [0.29, 0.717) is 5.69 Å². The van der Waals surface area contributed by atoms with Gasteiger partial charge in [0, 0.05) is 6.20 Å². The second-order valence-electron chi connectivity index (χ2n) is 1.97. The number of hydrogen-bond acceptors (Lipinski definition) is 2. The molecule has 12 heavy (non-hydrogen) atoms. The van der Waals surface area contributed by atoms with Crippen LogP contribution in [0.4, 0.5) is 0 Å². The van der Waals surface area contributed by atoms with Crippen molar-refractivity contribution in [3.63, 3.8) is 0 Å². The number of thiocarbonyl (C=S) groups is 1. The zero-order valence-electron chi connectivity index (χ0n) is 6.00. The monoisotopic (exact) mass is 201 g/mol. The molecule has 0 atom stereocenters. The maximum atomic E-state index is 11.1. The molecule has 0 spiro atoms. The molecule has 4 nitrogen and oxygen atoms in total. The van der Waals surface area contributed by atoms with Gasteiger partial charge in [-0.05, 0) is 12.1 Å². The lowest BCUT2D eigenvalue weighted by molar-refractivity contribution is 0.0940. The summed E-state index contributed by atoms with van der Waals surface area (Å²) in [5.74, 6) is -0.281. The predicted octanol–water partition coefficient (Wildman–Crippen LogP) is 0.464. The van der Waals surface area contributed by atoms with Crippen molar-refractivity contribution in [3.8, 4) is 0 Å². The third kappa shape index (κ3) is 2.55. The fourth-order valence-electron chi connectivity index (χ4n) is 0.649. The lowest BCUT2D eigenvalue weighted by Crippen LogP contribution is -2.38. The summed E-state index contributed by atoms with van der Waals surface area (Å²) in [4.78, 5) is 13.9. The summed E-state index contributed by atoms with van der Waals surface area (Å²) in [5, 5.41) is 0. The molecule has 1 aromatic rings. The van der Waals surface area contributed by atoms with E-state index in [1.807, 2.05) is 0 Å². The van der Waals surface area contributed by atoms with E-state index in [-0.39, 0.29) is 10.2 Å². The average molecular weight is 201 g/mol. The Bertz CT molecular complexity index is 283. The number of thiol groups is 1. The van der Waals surface area contributed by atoms with Crippen LogP contribution in [0, 0.1) is 0 Å². The number of nitrogens with one attached hydrogen (secondary N) is 3. The molecule has 1 heterocycles. The van der Waals surface area contributed by atoms with E-state index < -0.39 is 0 Å². The Kier molecular flexibility index (Phi) is 3.12. The minimum absolute atomic E-state index is 0.218.